The summed E-state index contributed by atoms with van der Waals surface area (Å²) >= 11 is 1.00. The summed E-state index contributed by atoms with van der Waals surface area (Å²) in [5.41, 5.74) is -0.213. The number of nitrogens with one attached hydrogen (secondary N) is 3. The van der Waals surface area contributed by atoms with E-state index in [9.17, 15) is 24.3 Å². The van der Waals surface area contributed by atoms with Gasteiger partial charge in [-0.15, -0.1) is 11.3 Å². The van der Waals surface area contributed by atoms with Gasteiger partial charge in [0.25, 0.3) is 6.10 Å². The number of ether oxygens (including phenoxy) is 4. The first kappa shape index (κ1) is 45.6. The molecule has 4 N–H and O–H groups in total. The standard InChI is InChI=1S/C44H52N6O10S/c1-27-34(47-40(61-27)48-41(54)58-43(2,3)4)35(38(51)52)49-60-33(39(53)57-36(28-15-10-8-11-16-28)29-17-12-9-13-18-29)26-56-32-22-20-30(21-23-32)37(45)46-31-19-14-24-50(25-31)42(55)59-44(5,6)7/h8-13,15-18,20-23,31,33,36H,14,19,24-26H2,1-7H3,(H2,45,46)(H,51,52)(H,47,48,54)/b49-35-/t31-,33?/m1/s1. The highest BCUT2D eigenvalue weighted by Gasteiger charge is 2.31. The van der Waals surface area contributed by atoms with Crippen molar-refractivity contribution in [3.63, 3.8) is 0 Å². The number of amidine groups is 1. The van der Waals surface area contributed by atoms with Crippen LogP contribution in [-0.4, -0.2) is 93.7 Å². The molecule has 324 valence electrons. The van der Waals surface area contributed by atoms with Crippen LogP contribution in [0.25, 0.3) is 0 Å². The minimum atomic E-state index is -1.58. The number of aliphatic carboxylic acids is 1. The van der Waals surface area contributed by atoms with Gasteiger partial charge in [-0.25, -0.2) is 24.2 Å². The number of carboxylic acid groups (broad SMARTS) is 1. The normalized spacial score (nSPS) is 15.0. The Morgan fingerprint density at radius 1 is 0.918 bits per heavy atom. The zero-order chi connectivity index (χ0) is 44.3. The summed E-state index contributed by atoms with van der Waals surface area (Å²) in [4.78, 5) is 63.6. The van der Waals surface area contributed by atoms with Crippen LogP contribution in [0.15, 0.2) is 90.1 Å². The molecule has 0 bridgehead atoms. The largest absolute Gasteiger partial charge is 0.489 e. The lowest BCUT2D eigenvalue weighted by atomic mass is 10.0. The van der Waals surface area contributed by atoms with Crippen molar-refractivity contribution in [3.8, 4) is 5.75 Å². The summed E-state index contributed by atoms with van der Waals surface area (Å²) in [6.07, 6.45) is -2.08. The van der Waals surface area contributed by atoms with Gasteiger partial charge in [0, 0.05) is 29.6 Å². The molecule has 2 amide bonds. The number of piperidine rings is 1. The highest BCUT2D eigenvalue weighted by atomic mass is 32.1. The molecule has 1 aliphatic heterocycles. The molecule has 2 atom stereocenters. The molecule has 0 radical (unpaired) electrons. The molecule has 1 aliphatic rings. The Bertz CT molecular complexity index is 2140. The average Bonchev–Trinajstić information content (AvgIpc) is 3.55. The van der Waals surface area contributed by atoms with E-state index in [-0.39, 0.29) is 22.7 Å². The number of carboxylic acids is 1. The molecule has 0 spiro atoms. The molecule has 1 fully saturated rings. The Kier molecular flexibility index (Phi) is 15.1. The van der Waals surface area contributed by atoms with Crippen molar-refractivity contribution in [1.29, 1.82) is 5.41 Å². The van der Waals surface area contributed by atoms with Crippen LogP contribution >= 0.6 is 11.3 Å². The molecular formula is C44H52N6O10S. The highest BCUT2D eigenvalue weighted by molar-refractivity contribution is 7.16. The minimum Gasteiger partial charge on any atom is -0.489 e. The van der Waals surface area contributed by atoms with Crippen LogP contribution < -0.4 is 15.4 Å². The van der Waals surface area contributed by atoms with Crippen LogP contribution in [0.1, 0.15) is 87.7 Å². The van der Waals surface area contributed by atoms with Gasteiger partial charge >= 0.3 is 24.1 Å². The molecule has 17 heteroatoms. The molecule has 4 aromatic rings. The summed E-state index contributed by atoms with van der Waals surface area (Å²) in [6, 6.07) is 24.6. The number of rotatable bonds is 14. The van der Waals surface area contributed by atoms with Crippen LogP contribution in [0.4, 0.5) is 14.7 Å². The van der Waals surface area contributed by atoms with Crippen molar-refractivity contribution >= 4 is 52.1 Å². The molecule has 0 saturated carbocycles. The number of anilines is 1. The second-order valence-corrected chi connectivity index (χ2v) is 17.4. The van der Waals surface area contributed by atoms with E-state index in [1.165, 1.54) is 0 Å². The molecule has 1 unspecified atom stereocenters. The average molecular weight is 857 g/mol. The molecular weight excluding hydrogens is 805 g/mol. The van der Waals surface area contributed by atoms with E-state index >= 15 is 0 Å². The van der Waals surface area contributed by atoms with Gasteiger partial charge < -0.3 is 39.1 Å². The van der Waals surface area contributed by atoms with Crippen molar-refractivity contribution in [3.05, 3.63) is 112 Å². The molecule has 0 aliphatic carbocycles. The van der Waals surface area contributed by atoms with E-state index in [0.29, 0.717) is 40.4 Å². The number of amides is 2. The number of thiazole rings is 1. The SMILES string of the molecule is Cc1sc(NC(=O)OC(C)(C)C)nc1/C(=N/OC(COc1ccc(C(=N)N[C@@H]2CCCN(C(=O)OC(C)(C)C)C2)cc1)C(=O)OC(c1ccccc1)c1ccccc1)C(=O)O. The van der Waals surface area contributed by atoms with Crippen LogP contribution in [0.5, 0.6) is 5.75 Å². The van der Waals surface area contributed by atoms with Crippen LogP contribution in [0, 0.1) is 12.3 Å². The molecule has 16 nitrogen and oxygen atoms in total. The van der Waals surface area contributed by atoms with Gasteiger partial charge in [0.1, 0.15) is 35.1 Å². The topological polar surface area (TPSA) is 211 Å². The Balaban J connectivity index is 1.33. The number of hydrogen-bond donors (Lipinski definition) is 4. The molecule has 5 rings (SSSR count). The summed E-state index contributed by atoms with van der Waals surface area (Å²) < 4.78 is 22.9. The summed E-state index contributed by atoms with van der Waals surface area (Å²) in [5.74, 6) is -1.94. The minimum absolute atomic E-state index is 0.0665. The number of likely N-dealkylation sites (tertiary alicyclic amines) is 1. The molecule has 2 heterocycles. The number of carbonyl (C=O) groups excluding carboxylic acids is 3. The fraction of sp³-hybridized carbons (Fsp3) is 0.386. The summed E-state index contributed by atoms with van der Waals surface area (Å²) in [6.45, 7) is 12.7. The molecule has 1 saturated heterocycles. The van der Waals surface area contributed by atoms with Crippen LogP contribution in [0.2, 0.25) is 0 Å². The van der Waals surface area contributed by atoms with Gasteiger partial charge in [-0.1, -0.05) is 65.8 Å². The van der Waals surface area contributed by atoms with E-state index in [1.807, 2.05) is 81.4 Å². The zero-order valence-electron chi connectivity index (χ0n) is 35.2. The predicted molar refractivity (Wildman–Crippen MR) is 229 cm³/mol. The highest BCUT2D eigenvalue weighted by Crippen LogP contribution is 2.28. The lowest BCUT2D eigenvalue weighted by Gasteiger charge is -2.34. The first-order chi connectivity index (χ1) is 28.8. The first-order valence-corrected chi connectivity index (χ1v) is 20.5. The van der Waals surface area contributed by atoms with E-state index in [1.54, 1.807) is 56.9 Å². The Labute approximate surface area is 358 Å². The van der Waals surface area contributed by atoms with Crippen LogP contribution in [0.3, 0.4) is 0 Å². The summed E-state index contributed by atoms with van der Waals surface area (Å²) in [5, 5.41) is 28.6. The number of aromatic nitrogens is 1. The Morgan fingerprint density at radius 3 is 2.10 bits per heavy atom. The second-order valence-electron chi connectivity index (χ2n) is 16.1. The number of esters is 1. The van der Waals surface area contributed by atoms with Gasteiger partial charge in [-0.2, -0.15) is 0 Å². The number of carbonyl (C=O) groups is 4. The van der Waals surface area contributed by atoms with Crippen molar-refractivity contribution < 1.29 is 48.1 Å². The van der Waals surface area contributed by atoms with Crippen molar-refractivity contribution in [2.45, 2.75) is 90.8 Å². The number of benzene rings is 3. The maximum absolute atomic E-state index is 14.0. The molecule has 61 heavy (non-hydrogen) atoms. The number of oxime groups is 1. The van der Waals surface area contributed by atoms with Gasteiger partial charge in [0.05, 0.1) is 0 Å². The Hall–Kier alpha value is -6.49. The zero-order valence-corrected chi connectivity index (χ0v) is 36.0. The quantitative estimate of drug-likeness (QED) is 0.0316. The third kappa shape index (κ3) is 13.8. The van der Waals surface area contributed by atoms with Gasteiger partial charge in [0.2, 0.25) is 5.71 Å². The van der Waals surface area contributed by atoms with E-state index < -0.39 is 59.9 Å². The Morgan fingerprint density at radius 2 is 1.52 bits per heavy atom. The van der Waals surface area contributed by atoms with Crippen molar-refractivity contribution in [2.24, 2.45) is 5.16 Å². The molecule has 1 aromatic heterocycles. The van der Waals surface area contributed by atoms with Gasteiger partial charge in [-0.3, -0.25) is 10.7 Å². The van der Waals surface area contributed by atoms with E-state index in [2.05, 4.69) is 20.8 Å². The fourth-order valence-corrected chi connectivity index (χ4v) is 6.84. The maximum atomic E-state index is 14.0. The van der Waals surface area contributed by atoms with E-state index in [0.717, 1.165) is 24.2 Å². The third-order valence-electron chi connectivity index (χ3n) is 8.77. The number of aryl methyl sites for hydroxylation is 1. The fourth-order valence-electron chi connectivity index (χ4n) is 6.04. The van der Waals surface area contributed by atoms with E-state index in [4.69, 9.17) is 29.2 Å². The number of nitrogens with zero attached hydrogens (tertiary/aromatic N) is 3. The second kappa shape index (κ2) is 20.2. The monoisotopic (exact) mass is 856 g/mol. The predicted octanol–water partition coefficient (Wildman–Crippen LogP) is 7.70. The lowest BCUT2D eigenvalue weighted by molar-refractivity contribution is -0.163. The maximum Gasteiger partial charge on any atom is 0.413 e. The number of hydrogen-bond acceptors (Lipinski definition) is 13. The van der Waals surface area contributed by atoms with Crippen molar-refractivity contribution in [2.75, 3.05) is 25.0 Å². The van der Waals surface area contributed by atoms with Gasteiger partial charge in [0.15, 0.2) is 11.2 Å². The van der Waals surface area contributed by atoms with Crippen molar-refractivity contribution in [1.82, 2.24) is 15.2 Å². The van der Waals surface area contributed by atoms with Gasteiger partial charge in [-0.05, 0) is 96.7 Å². The smallest absolute Gasteiger partial charge is 0.413 e. The third-order valence-corrected chi connectivity index (χ3v) is 9.66. The lowest BCUT2D eigenvalue weighted by Crippen LogP contribution is -2.50. The molecule has 3 aromatic carbocycles. The summed E-state index contributed by atoms with van der Waals surface area (Å²) in [7, 11) is 0. The van der Waals surface area contributed by atoms with Crippen LogP contribution in [-0.2, 0) is 28.6 Å². The first-order valence-electron chi connectivity index (χ1n) is 19.7.